The lowest BCUT2D eigenvalue weighted by Gasteiger charge is -2.25. The number of likely N-dealkylation sites (tertiary alicyclic amines) is 2. The van der Waals surface area contributed by atoms with Crippen molar-refractivity contribution in [1.82, 2.24) is 20.4 Å². The molecular formula is C21H38IN5O. The number of nitrogens with one attached hydrogen (secondary N) is 2. The molecule has 3 heterocycles. The van der Waals surface area contributed by atoms with E-state index in [1.165, 1.54) is 12.8 Å². The molecule has 28 heavy (non-hydrogen) atoms. The van der Waals surface area contributed by atoms with E-state index in [4.69, 9.17) is 9.41 Å². The minimum absolute atomic E-state index is 0. The summed E-state index contributed by atoms with van der Waals surface area (Å²) < 4.78 is 5.73. The van der Waals surface area contributed by atoms with Crippen LogP contribution in [0.3, 0.4) is 0 Å². The van der Waals surface area contributed by atoms with Gasteiger partial charge in [-0.15, -0.1) is 24.0 Å². The van der Waals surface area contributed by atoms with Crippen molar-refractivity contribution in [3.8, 4) is 0 Å². The molecule has 160 valence electrons. The van der Waals surface area contributed by atoms with Crippen molar-refractivity contribution in [3.63, 3.8) is 0 Å². The van der Waals surface area contributed by atoms with Crippen molar-refractivity contribution in [2.45, 2.75) is 58.7 Å². The Labute approximate surface area is 187 Å². The van der Waals surface area contributed by atoms with Gasteiger partial charge in [0, 0.05) is 31.7 Å². The highest BCUT2D eigenvalue weighted by Crippen LogP contribution is 2.26. The van der Waals surface area contributed by atoms with Gasteiger partial charge in [-0.3, -0.25) is 14.8 Å². The van der Waals surface area contributed by atoms with Crippen LogP contribution in [0.25, 0.3) is 0 Å². The quantitative estimate of drug-likeness (QED) is 0.340. The summed E-state index contributed by atoms with van der Waals surface area (Å²) in [6.45, 7) is 15.1. The van der Waals surface area contributed by atoms with Crippen LogP contribution in [0.4, 0.5) is 0 Å². The fraction of sp³-hybridized carbons (Fsp3) is 0.762. The molecule has 2 aliphatic rings. The zero-order chi connectivity index (χ0) is 19.2. The number of halogens is 1. The predicted molar refractivity (Wildman–Crippen MR) is 126 cm³/mol. The number of guanidine groups is 1. The van der Waals surface area contributed by atoms with Gasteiger partial charge in [0.25, 0.3) is 0 Å². The van der Waals surface area contributed by atoms with Gasteiger partial charge in [0.05, 0.1) is 18.8 Å². The Balaban J connectivity index is 0.00000280. The number of hydrogen-bond acceptors (Lipinski definition) is 4. The fourth-order valence-corrected chi connectivity index (χ4v) is 4.21. The van der Waals surface area contributed by atoms with Crippen molar-refractivity contribution in [2.75, 3.05) is 39.3 Å². The number of aliphatic imine (C=N–C) groups is 1. The van der Waals surface area contributed by atoms with Crippen molar-refractivity contribution in [2.24, 2.45) is 10.9 Å². The van der Waals surface area contributed by atoms with E-state index < -0.39 is 0 Å². The third kappa shape index (κ3) is 6.10. The molecule has 1 aromatic heterocycles. The minimum Gasteiger partial charge on any atom is -0.468 e. The highest BCUT2D eigenvalue weighted by Gasteiger charge is 2.31. The second-order valence-corrected chi connectivity index (χ2v) is 8.27. The third-order valence-electron chi connectivity index (χ3n) is 5.91. The van der Waals surface area contributed by atoms with Gasteiger partial charge < -0.3 is 15.1 Å². The lowest BCUT2D eigenvalue weighted by molar-refractivity contribution is 0.221. The van der Waals surface area contributed by atoms with Crippen LogP contribution in [0.2, 0.25) is 0 Å². The second-order valence-electron chi connectivity index (χ2n) is 8.27. The minimum atomic E-state index is 0. The maximum absolute atomic E-state index is 5.73. The molecule has 0 aromatic carbocycles. The van der Waals surface area contributed by atoms with Crippen molar-refractivity contribution >= 4 is 29.9 Å². The van der Waals surface area contributed by atoms with Gasteiger partial charge in [0.2, 0.25) is 0 Å². The molecule has 0 aliphatic carbocycles. The smallest absolute Gasteiger partial charge is 0.191 e. The zero-order valence-corrected chi connectivity index (χ0v) is 20.2. The Morgan fingerprint density at radius 3 is 2.57 bits per heavy atom. The molecule has 3 unspecified atom stereocenters. The van der Waals surface area contributed by atoms with Gasteiger partial charge in [-0.05, 0) is 64.8 Å². The monoisotopic (exact) mass is 503 g/mol. The Bertz CT molecular complexity index is 586. The molecule has 3 atom stereocenters. The molecule has 2 N–H and O–H groups in total. The number of rotatable bonds is 7. The first-order valence-corrected chi connectivity index (χ1v) is 10.6. The maximum atomic E-state index is 5.73. The summed E-state index contributed by atoms with van der Waals surface area (Å²) in [5, 5.41) is 7.13. The largest absolute Gasteiger partial charge is 0.468 e. The molecule has 2 aliphatic heterocycles. The summed E-state index contributed by atoms with van der Waals surface area (Å²) >= 11 is 0. The Morgan fingerprint density at radius 2 is 2.00 bits per heavy atom. The van der Waals surface area contributed by atoms with E-state index in [-0.39, 0.29) is 30.0 Å². The first-order valence-electron chi connectivity index (χ1n) is 10.6. The second kappa shape index (κ2) is 11.4. The summed E-state index contributed by atoms with van der Waals surface area (Å²) in [7, 11) is 0. The van der Waals surface area contributed by atoms with Crippen LogP contribution < -0.4 is 10.6 Å². The summed E-state index contributed by atoms with van der Waals surface area (Å²) in [6, 6.07) is 5.33. The van der Waals surface area contributed by atoms with E-state index in [1.54, 1.807) is 6.26 Å². The van der Waals surface area contributed by atoms with E-state index in [0.29, 0.717) is 18.0 Å². The van der Waals surface area contributed by atoms with Gasteiger partial charge in [-0.1, -0.05) is 6.92 Å². The van der Waals surface area contributed by atoms with Gasteiger partial charge in [0.15, 0.2) is 5.96 Å². The third-order valence-corrected chi connectivity index (χ3v) is 5.91. The molecule has 2 saturated heterocycles. The Kier molecular flexibility index (Phi) is 9.56. The molecule has 3 rings (SSSR count). The maximum Gasteiger partial charge on any atom is 0.191 e. The molecule has 0 spiro atoms. The van der Waals surface area contributed by atoms with E-state index >= 15 is 0 Å². The molecule has 2 fully saturated rings. The van der Waals surface area contributed by atoms with Crippen LogP contribution in [0.5, 0.6) is 0 Å². The van der Waals surface area contributed by atoms with E-state index in [9.17, 15) is 0 Å². The zero-order valence-electron chi connectivity index (χ0n) is 17.9. The van der Waals surface area contributed by atoms with Crippen LogP contribution in [0, 0.1) is 5.92 Å². The lowest BCUT2D eigenvalue weighted by Crippen LogP contribution is -2.47. The molecule has 1 aromatic rings. The summed E-state index contributed by atoms with van der Waals surface area (Å²) in [5.41, 5.74) is 0. The lowest BCUT2D eigenvalue weighted by atomic mass is 10.1. The normalized spacial score (nSPS) is 25.1. The Hall–Kier alpha value is -0.800. The first kappa shape index (κ1) is 23.5. The summed E-state index contributed by atoms with van der Waals surface area (Å²) in [5.74, 6) is 2.57. The number of nitrogens with zero attached hydrogens (tertiary/aromatic N) is 3. The van der Waals surface area contributed by atoms with Crippen LogP contribution in [-0.4, -0.2) is 67.1 Å². The van der Waals surface area contributed by atoms with E-state index in [0.717, 1.165) is 51.0 Å². The van der Waals surface area contributed by atoms with Gasteiger partial charge in [-0.25, -0.2) is 0 Å². The molecular weight excluding hydrogens is 465 g/mol. The van der Waals surface area contributed by atoms with Crippen molar-refractivity contribution in [1.29, 1.82) is 0 Å². The molecule has 7 heteroatoms. The van der Waals surface area contributed by atoms with Crippen molar-refractivity contribution < 1.29 is 4.42 Å². The highest BCUT2D eigenvalue weighted by molar-refractivity contribution is 14.0. The predicted octanol–water partition coefficient (Wildman–Crippen LogP) is 3.32. The fourth-order valence-electron chi connectivity index (χ4n) is 4.21. The van der Waals surface area contributed by atoms with E-state index in [1.807, 2.05) is 6.07 Å². The van der Waals surface area contributed by atoms with Crippen molar-refractivity contribution in [3.05, 3.63) is 24.2 Å². The summed E-state index contributed by atoms with van der Waals surface area (Å²) in [4.78, 5) is 10.0. The van der Waals surface area contributed by atoms with Crippen LogP contribution >= 0.6 is 24.0 Å². The van der Waals surface area contributed by atoms with Crippen LogP contribution in [0.1, 0.15) is 52.3 Å². The standard InChI is InChI=1S/C21H37N5O.HI/c1-5-22-21(24-18-15-26(16(2)3)14-17(18)4)23-13-19(20-9-8-12-27-20)25-10-6-7-11-25;/h8-9,12,16-19H,5-7,10-11,13-15H2,1-4H3,(H2,22,23,24);1H. The number of hydrogen-bond donors (Lipinski definition) is 2. The van der Waals surface area contributed by atoms with Gasteiger partial charge >= 0.3 is 0 Å². The number of furan rings is 1. The van der Waals surface area contributed by atoms with E-state index in [2.05, 4.69) is 54.2 Å². The van der Waals surface area contributed by atoms with Crippen LogP contribution in [-0.2, 0) is 0 Å². The summed E-state index contributed by atoms with van der Waals surface area (Å²) in [6.07, 6.45) is 4.31. The average molecular weight is 503 g/mol. The SMILES string of the molecule is CCNC(=NCC(c1ccco1)N1CCCC1)NC1CN(C(C)C)CC1C.I. The highest BCUT2D eigenvalue weighted by atomic mass is 127. The molecule has 0 saturated carbocycles. The first-order chi connectivity index (χ1) is 13.1. The van der Waals surface area contributed by atoms with Gasteiger partial charge in [-0.2, -0.15) is 0 Å². The Morgan fingerprint density at radius 1 is 1.25 bits per heavy atom. The van der Waals surface area contributed by atoms with Crippen LogP contribution in [0.15, 0.2) is 27.8 Å². The molecule has 0 radical (unpaired) electrons. The topological polar surface area (TPSA) is 56.0 Å². The molecule has 0 bridgehead atoms. The van der Waals surface area contributed by atoms with Gasteiger partial charge in [0.1, 0.15) is 5.76 Å². The molecule has 0 amide bonds. The average Bonchev–Trinajstić information content (AvgIpc) is 3.38. The molecule has 6 nitrogen and oxygen atoms in total.